The summed E-state index contributed by atoms with van der Waals surface area (Å²) in [6, 6.07) is 0. The number of rotatable bonds is 8. The third-order valence-electron chi connectivity index (χ3n) is 4.47. The molecule has 0 saturated heterocycles. The van der Waals surface area contributed by atoms with Crippen LogP contribution in [0.15, 0.2) is 36.0 Å². The highest BCUT2D eigenvalue weighted by molar-refractivity contribution is 6.74. The van der Waals surface area contributed by atoms with Crippen molar-refractivity contribution in [2.75, 3.05) is 0 Å². The molecule has 0 aliphatic heterocycles. The molecule has 0 N–H and O–H groups in total. The summed E-state index contributed by atoms with van der Waals surface area (Å²) in [6.45, 7) is 24.9. The van der Waals surface area contributed by atoms with Crippen LogP contribution in [0.25, 0.3) is 0 Å². The van der Waals surface area contributed by atoms with Crippen molar-refractivity contribution in [1.82, 2.24) is 0 Å². The van der Waals surface area contributed by atoms with E-state index in [1.54, 1.807) is 0 Å². The highest BCUT2D eigenvalue weighted by Gasteiger charge is 2.39. The molecule has 0 radical (unpaired) electrons. The first-order chi connectivity index (χ1) is 9.81. The average Bonchev–Trinajstić information content (AvgIpc) is 2.32. The number of hydrogen-bond donors (Lipinski definition) is 0. The summed E-state index contributed by atoms with van der Waals surface area (Å²) < 4.78 is 6.50. The Hall–Kier alpha value is -0.933. The Balaban J connectivity index is 5.40. The maximum Gasteiger partial charge on any atom is 0.192 e. The average molecular weight is 323 g/mol. The maximum absolute atomic E-state index is 11.9. The topological polar surface area (TPSA) is 26.3 Å². The van der Waals surface area contributed by atoms with Gasteiger partial charge in [0.2, 0.25) is 0 Å². The molecular weight excluding hydrogens is 288 g/mol. The Morgan fingerprint density at radius 3 is 2.00 bits per heavy atom. The highest BCUT2D eigenvalue weighted by atomic mass is 28.4. The zero-order chi connectivity index (χ0) is 17.7. The van der Waals surface area contributed by atoms with Gasteiger partial charge in [0.25, 0.3) is 0 Å². The Labute approximate surface area is 138 Å². The lowest BCUT2D eigenvalue weighted by Gasteiger charge is -2.39. The third kappa shape index (κ3) is 6.45. The van der Waals surface area contributed by atoms with Crippen molar-refractivity contribution in [3.63, 3.8) is 0 Å². The highest BCUT2D eigenvalue weighted by Crippen LogP contribution is 2.38. The van der Waals surface area contributed by atoms with E-state index in [0.29, 0.717) is 6.42 Å². The second kappa shape index (κ2) is 8.07. The Kier molecular flexibility index (Phi) is 7.73. The van der Waals surface area contributed by atoms with Gasteiger partial charge >= 0.3 is 0 Å². The van der Waals surface area contributed by atoms with Gasteiger partial charge in [-0.3, -0.25) is 4.79 Å². The lowest BCUT2D eigenvalue weighted by molar-refractivity contribution is -0.116. The minimum Gasteiger partial charge on any atom is -0.413 e. The molecule has 0 bridgehead atoms. The normalized spacial score (nSPS) is 13.5. The minimum atomic E-state index is -1.92. The molecule has 1 unspecified atom stereocenters. The summed E-state index contributed by atoms with van der Waals surface area (Å²) in [5.41, 5.74) is 3.50. The van der Waals surface area contributed by atoms with Crippen LogP contribution in [-0.2, 0) is 9.22 Å². The van der Waals surface area contributed by atoms with Crippen LogP contribution in [0.1, 0.15) is 54.4 Å². The number of ketones is 1. The summed E-state index contributed by atoms with van der Waals surface area (Å²) in [6.07, 6.45) is 2.42. The van der Waals surface area contributed by atoms with Crippen LogP contribution in [0.3, 0.4) is 0 Å². The molecule has 22 heavy (non-hydrogen) atoms. The molecule has 0 aromatic heterocycles. The molecule has 1 atom stereocenters. The van der Waals surface area contributed by atoms with E-state index in [4.69, 9.17) is 4.43 Å². The lowest BCUT2D eigenvalue weighted by atomic mass is 9.96. The summed E-state index contributed by atoms with van der Waals surface area (Å²) >= 11 is 0. The van der Waals surface area contributed by atoms with Crippen molar-refractivity contribution in [1.29, 1.82) is 0 Å². The van der Waals surface area contributed by atoms with Crippen LogP contribution in [0.5, 0.6) is 0 Å². The molecule has 0 aromatic carbocycles. The van der Waals surface area contributed by atoms with E-state index in [-0.39, 0.29) is 16.9 Å². The van der Waals surface area contributed by atoms with E-state index in [1.165, 1.54) is 17.2 Å². The first kappa shape index (κ1) is 21.1. The Bertz CT molecular complexity index is 460. The number of carbonyl (C=O) groups is 1. The molecule has 0 fully saturated rings. The van der Waals surface area contributed by atoms with E-state index < -0.39 is 8.32 Å². The molecule has 0 saturated carbocycles. The summed E-state index contributed by atoms with van der Waals surface area (Å²) in [7, 11) is -1.92. The van der Waals surface area contributed by atoms with Crippen LogP contribution in [0.2, 0.25) is 18.1 Å². The fourth-order valence-corrected chi connectivity index (χ4v) is 3.44. The van der Waals surface area contributed by atoms with Gasteiger partial charge in [-0.15, -0.1) is 0 Å². The summed E-state index contributed by atoms with van der Waals surface area (Å²) in [5, 5.41) is 0.122. The zero-order valence-corrected chi connectivity index (χ0v) is 16.8. The molecular formula is C19H34O2Si. The minimum absolute atomic E-state index is 0.0403. The fraction of sp³-hybridized carbons (Fsp3) is 0.632. The molecule has 0 spiro atoms. The second-order valence-corrected chi connectivity index (χ2v) is 12.6. The van der Waals surface area contributed by atoms with Crippen molar-refractivity contribution in [2.45, 2.75) is 78.6 Å². The van der Waals surface area contributed by atoms with E-state index >= 15 is 0 Å². The lowest BCUT2D eigenvalue weighted by Crippen LogP contribution is -2.44. The van der Waals surface area contributed by atoms with Crippen LogP contribution in [0.4, 0.5) is 0 Å². The maximum atomic E-state index is 11.9. The zero-order valence-electron chi connectivity index (χ0n) is 15.8. The smallest absolute Gasteiger partial charge is 0.192 e. The SMILES string of the molecule is C=CC(=O)CC(CC(C(=C)C)=C(C)C)O[Si](C)(C)C(C)(C)C. The van der Waals surface area contributed by atoms with E-state index in [9.17, 15) is 4.79 Å². The summed E-state index contributed by atoms with van der Waals surface area (Å²) in [4.78, 5) is 11.9. The first-order valence-electron chi connectivity index (χ1n) is 7.97. The van der Waals surface area contributed by atoms with Gasteiger partial charge in [-0.05, 0) is 57.0 Å². The van der Waals surface area contributed by atoms with Gasteiger partial charge in [0.1, 0.15) is 0 Å². The van der Waals surface area contributed by atoms with E-state index in [2.05, 4.69) is 60.9 Å². The van der Waals surface area contributed by atoms with Gasteiger partial charge in [-0.25, -0.2) is 0 Å². The van der Waals surface area contributed by atoms with Gasteiger partial charge in [-0.2, -0.15) is 0 Å². The fourth-order valence-electron chi connectivity index (χ4n) is 2.09. The molecule has 0 aliphatic rings. The van der Waals surface area contributed by atoms with Crippen LogP contribution >= 0.6 is 0 Å². The molecule has 3 heteroatoms. The van der Waals surface area contributed by atoms with Gasteiger partial charge in [0, 0.05) is 6.42 Å². The van der Waals surface area contributed by atoms with E-state index in [0.717, 1.165) is 12.0 Å². The van der Waals surface area contributed by atoms with Crippen molar-refractivity contribution in [3.8, 4) is 0 Å². The number of hydrogen-bond acceptors (Lipinski definition) is 2. The molecule has 126 valence electrons. The van der Waals surface area contributed by atoms with Gasteiger partial charge in [-0.1, -0.05) is 45.1 Å². The van der Waals surface area contributed by atoms with Crippen molar-refractivity contribution >= 4 is 14.1 Å². The molecule has 0 amide bonds. The first-order valence-corrected chi connectivity index (χ1v) is 10.9. The van der Waals surface area contributed by atoms with Gasteiger partial charge in [0.05, 0.1) is 6.10 Å². The second-order valence-electron chi connectivity index (χ2n) is 7.84. The van der Waals surface area contributed by atoms with Crippen molar-refractivity contribution in [2.24, 2.45) is 0 Å². The number of carbonyl (C=O) groups excluding carboxylic acids is 1. The van der Waals surface area contributed by atoms with Gasteiger partial charge in [0.15, 0.2) is 14.1 Å². The summed E-state index contributed by atoms with van der Waals surface area (Å²) in [5.74, 6) is 0.0403. The van der Waals surface area contributed by atoms with Crippen LogP contribution in [0, 0.1) is 0 Å². The largest absolute Gasteiger partial charge is 0.413 e. The van der Waals surface area contributed by atoms with Crippen molar-refractivity contribution in [3.05, 3.63) is 36.0 Å². The standard InChI is InChI=1S/C19H34O2Si/c1-11-16(20)12-17(13-18(14(2)3)15(4)5)21-22(9,10)19(6,7)8/h11,17H,1-2,12-13H2,3-10H3. The van der Waals surface area contributed by atoms with Crippen LogP contribution in [-0.4, -0.2) is 20.2 Å². The third-order valence-corrected chi connectivity index (χ3v) is 9.01. The molecule has 2 nitrogen and oxygen atoms in total. The van der Waals surface area contributed by atoms with Gasteiger partial charge < -0.3 is 4.43 Å². The Morgan fingerprint density at radius 2 is 1.68 bits per heavy atom. The molecule has 0 heterocycles. The molecule has 0 rings (SSSR count). The molecule has 0 aliphatic carbocycles. The monoisotopic (exact) mass is 322 g/mol. The predicted octanol–water partition coefficient (Wildman–Crippen LogP) is 5.82. The molecule has 0 aromatic rings. The number of allylic oxidation sites excluding steroid dienone is 3. The van der Waals surface area contributed by atoms with Crippen molar-refractivity contribution < 1.29 is 9.22 Å². The quantitative estimate of drug-likeness (QED) is 0.319. The predicted molar refractivity (Wildman–Crippen MR) is 99.7 cm³/mol. The van der Waals surface area contributed by atoms with Crippen LogP contribution < -0.4 is 0 Å². The van der Waals surface area contributed by atoms with E-state index in [1.807, 2.05) is 6.92 Å². The Morgan fingerprint density at radius 1 is 1.18 bits per heavy atom.